The molecule has 0 aromatic rings. The van der Waals surface area contributed by atoms with E-state index in [1.54, 1.807) is 6.92 Å². The summed E-state index contributed by atoms with van der Waals surface area (Å²) in [5.74, 6) is -1.84. The van der Waals surface area contributed by atoms with Gasteiger partial charge in [0.1, 0.15) is 6.61 Å². The molecule has 0 fully saturated rings. The van der Waals surface area contributed by atoms with Gasteiger partial charge >= 0.3 is 11.9 Å². The lowest BCUT2D eigenvalue weighted by molar-refractivity contribution is -0.174. The molecule has 0 aliphatic heterocycles. The summed E-state index contributed by atoms with van der Waals surface area (Å²) in [6, 6.07) is 0. The number of aliphatic hydroxyl groups is 1. The molecule has 2 atom stereocenters. The number of esters is 2. The molecule has 0 spiro atoms. The molecule has 0 aliphatic carbocycles. The maximum atomic E-state index is 10.7. The van der Waals surface area contributed by atoms with Crippen molar-refractivity contribution in [2.75, 3.05) is 6.61 Å². The average Bonchev–Trinajstić information content (AvgIpc) is 2.24. The zero-order chi connectivity index (χ0) is 11.8. The molecule has 0 radical (unpaired) electrons. The maximum Gasteiger partial charge on any atom is 0.332 e. The van der Waals surface area contributed by atoms with Crippen LogP contribution in [0.5, 0.6) is 0 Å². The Morgan fingerprint density at radius 2 is 1.87 bits per heavy atom. The SMILES string of the molecule is C=CC(=O)OCC(C)C(O)OC(=O)C=C. The van der Waals surface area contributed by atoms with Crippen molar-refractivity contribution in [2.45, 2.75) is 13.2 Å². The molecule has 0 saturated heterocycles. The van der Waals surface area contributed by atoms with E-state index in [1.807, 2.05) is 0 Å². The quantitative estimate of drug-likeness (QED) is 0.393. The molecule has 0 rings (SSSR count). The van der Waals surface area contributed by atoms with Crippen LogP contribution in [-0.4, -0.2) is 29.9 Å². The highest BCUT2D eigenvalue weighted by Crippen LogP contribution is 2.06. The summed E-state index contributed by atoms with van der Waals surface area (Å²) in [5.41, 5.74) is 0. The van der Waals surface area contributed by atoms with Crippen molar-refractivity contribution in [3.63, 3.8) is 0 Å². The molecule has 0 heterocycles. The highest BCUT2D eigenvalue weighted by molar-refractivity contribution is 5.81. The van der Waals surface area contributed by atoms with Gasteiger partial charge in [-0.3, -0.25) is 0 Å². The molecule has 84 valence electrons. The second kappa shape index (κ2) is 6.78. The Hall–Kier alpha value is -1.62. The van der Waals surface area contributed by atoms with Crippen LogP contribution in [0.2, 0.25) is 0 Å². The van der Waals surface area contributed by atoms with Gasteiger partial charge in [0.25, 0.3) is 0 Å². The molecule has 2 unspecified atom stereocenters. The fourth-order valence-electron chi connectivity index (χ4n) is 0.638. The smallest absolute Gasteiger partial charge is 0.332 e. The molecular formula is C10H14O5. The first kappa shape index (κ1) is 13.4. The van der Waals surface area contributed by atoms with E-state index >= 15 is 0 Å². The first-order valence-electron chi connectivity index (χ1n) is 4.31. The van der Waals surface area contributed by atoms with E-state index in [4.69, 9.17) is 0 Å². The standard InChI is InChI=1S/C10H14O5/c1-4-8(11)14-6-7(3)10(13)15-9(12)5-2/h4-5,7,10,13H,1-2,6H2,3H3. The second-order valence-electron chi connectivity index (χ2n) is 2.84. The van der Waals surface area contributed by atoms with Crippen LogP contribution in [0.4, 0.5) is 0 Å². The highest BCUT2D eigenvalue weighted by Gasteiger charge is 2.18. The van der Waals surface area contributed by atoms with Gasteiger partial charge in [0.15, 0.2) is 0 Å². The van der Waals surface area contributed by atoms with Crippen LogP contribution in [-0.2, 0) is 19.1 Å². The van der Waals surface area contributed by atoms with Crippen molar-refractivity contribution in [3.05, 3.63) is 25.3 Å². The topological polar surface area (TPSA) is 72.8 Å². The molecular weight excluding hydrogens is 200 g/mol. The average molecular weight is 214 g/mol. The van der Waals surface area contributed by atoms with E-state index in [9.17, 15) is 14.7 Å². The van der Waals surface area contributed by atoms with Gasteiger partial charge in [0, 0.05) is 12.2 Å². The number of hydrogen-bond acceptors (Lipinski definition) is 5. The van der Waals surface area contributed by atoms with Gasteiger partial charge < -0.3 is 14.6 Å². The number of aliphatic hydroxyl groups excluding tert-OH is 1. The molecule has 0 bridgehead atoms. The fraction of sp³-hybridized carbons (Fsp3) is 0.400. The summed E-state index contributed by atoms with van der Waals surface area (Å²) in [7, 11) is 0. The lowest BCUT2D eigenvalue weighted by Gasteiger charge is -2.17. The second-order valence-corrected chi connectivity index (χ2v) is 2.84. The van der Waals surface area contributed by atoms with E-state index in [2.05, 4.69) is 22.6 Å². The van der Waals surface area contributed by atoms with E-state index in [1.165, 1.54) is 0 Å². The first-order chi connectivity index (χ1) is 7.01. The predicted molar refractivity (Wildman–Crippen MR) is 52.6 cm³/mol. The lowest BCUT2D eigenvalue weighted by Crippen LogP contribution is -2.28. The molecule has 0 amide bonds. The van der Waals surface area contributed by atoms with Crippen LogP contribution in [0, 0.1) is 5.92 Å². The molecule has 1 N–H and O–H groups in total. The van der Waals surface area contributed by atoms with E-state index < -0.39 is 24.1 Å². The molecule has 0 aromatic heterocycles. The summed E-state index contributed by atoms with van der Waals surface area (Å²) < 4.78 is 9.16. The molecule has 0 aromatic carbocycles. The third-order valence-electron chi connectivity index (χ3n) is 1.55. The van der Waals surface area contributed by atoms with Gasteiger partial charge in [0.2, 0.25) is 6.29 Å². The number of ether oxygens (including phenoxy) is 2. The van der Waals surface area contributed by atoms with Crippen LogP contribution in [0.15, 0.2) is 25.3 Å². The third-order valence-corrected chi connectivity index (χ3v) is 1.55. The van der Waals surface area contributed by atoms with Crippen molar-refractivity contribution >= 4 is 11.9 Å². The number of carbonyl (C=O) groups is 2. The summed E-state index contributed by atoms with van der Waals surface area (Å²) >= 11 is 0. The zero-order valence-corrected chi connectivity index (χ0v) is 8.51. The minimum absolute atomic E-state index is 0.0591. The van der Waals surface area contributed by atoms with Crippen molar-refractivity contribution in [1.29, 1.82) is 0 Å². The monoisotopic (exact) mass is 214 g/mol. The lowest BCUT2D eigenvalue weighted by atomic mass is 10.2. The summed E-state index contributed by atoms with van der Waals surface area (Å²) in [6.07, 6.45) is 0.619. The summed E-state index contributed by atoms with van der Waals surface area (Å²) in [5, 5.41) is 9.30. The van der Waals surface area contributed by atoms with E-state index in [0.717, 1.165) is 12.2 Å². The predicted octanol–water partition coefficient (Wildman–Crippen LogP) is 0.399. The Morgan fingerprint density at radius 3 is 2.33 bits per heavy atom. The third kappa shape index (κ3) is 5.64. The first-order valence-corrected chi connectivity index (χ1v) is 4.31. The van der Waals surface area contributed by atoms with Gasteiger partial charge in [-0.25, -0.2) is 9.59 Å². The Bertz CT molecular complexity index is 259. The maximum absolute atomic E-state index is 10.7. The summed E-state index contributed by atoms with van der Waals surface area (Å²) in [4.78, 5) is 21.4. The van der Waals surface area contributed by atoms with Crippen molar-refractivity contribution in [2.24, 2.45) is 5.92 Å². The minimum atomic E-state index is -1.33. The largest absolute Gasteiger partial charge is 0.462 e. The van der Waals surface area contributed by atoms with Crippen molar-refractivity contribution < 1.29 is 24.2 Å². The van der Waals surface area contributed by atoms with Crippen LogP contribution in [0.3, 0.4) is 0 Å². The van der Waals surface area contributed by atoms with Crippen LogP contribution in [0.25, 0.3) is 0 Å². The van der Waals surface area contributed by atoms with E-state index in [0.29, 0.717) is 0 Å². The number of rotatable bonds is 6. The molecule has 5 heteroatoms. The normalized spacial score (nSPS) is 13.5. The van der Waals surface area contributed by atoms with Gasteiger partial charge in [-0.1, -0.05) is 20.1 Å². The molecule has 15 heavy (non-hydrogen) atoms. The molecule has 0 aliphatic rings. The van der Waals surface area contributed by atoms with Gasteiger partial charge in [-0.2, -0.15) is 0 Å². The summed E-state index contributed by atoms with van der Waals surface area (Å²) in [6.45, 7) is 7.89. The van der Waals surface area contributed by atoms with E-state index in [-0.39, 0.29) is 6.61 Å². The Morgan fingerprint density at radius 1 is 1.33 bits per heavy atom. The molecule has 0 saturated carbocycles. The number of hydrogen-bond donors (Lipinski definition) is 1. The Balaban J connectivity index is 3.92. The van der Waals surface area contributed by atoms with Gasteiger partial charge in [-0.05, 0) is 0 Å². The Labute approximate surface area is 88.0 Å². The molecule has 5 nitrogen and oxygen atoms in total. The fourth-order valence-corrected chi connectivity index (χ4v) is 0.638. The van der Waals surface area contributed by atoms with Crippen molar-refractivity contribution in [3.8, 4) is 0 Å². The van der Waals surface area contributed by atoms with Gasteiger partial charge in [-0.15, -0.1) is 0 Å². The van der Waals surface area contributed by atoms with Crippen molar-refractivity contribution in [1.82, 2.24) is 0 Å². The zero-order valence-electron chi connectivity index (χ0n) is 8.51. The van der Waals surface area contributed by atoms with Crippen LogP contribution < -0.4 is 0 Å². The van der Waals surface area contributed by atoms with Gasteiger partial charge in [0.05, 0.1) is 5.92 Å². The Kier molecular flexibility index (Phi) is 6.05. The highest BCUT2D eigenvalue weighted by atomic mass is 16.6. The minimum Gasteiger partial charge on any atom is -0.462 e. The number of carbonyl (C=O) groups excluding carboxylic acids is 2. The van der Waals surface area contributed by atoms with Crippen LogP contribution in [0.1, 0.15) is 6.92 Å². The van der Waals surface area contributed by atoms with Crippen LogP contribution >= 0.6 is 0 Å².